The molecule has 5 aliphatic rings. The monoisotopic (exact) mass is 547 g/mol. The second kappa shape index (κ2) is 9.47. The molecule has 4 fully saturated rings. The Morgan fingerprint density at radius 3 is 2.62 bits per heavy atom. The predicted octanol–water partition coefficient (Wildman–Crippen LogP) is 7.62. The minimum atomic E-state index is -0.614. The first-order chi connectivity index (χ1) is 19.2. The summed E-state index contributed by atoms with van der Waals surface area (Å²) in [6.45, 7) is 4.69. The molecule has 4 saturated carbocycles. The van der Waals surface area contributed by atoms with Gasteiger partial charge in [0.1, 0.15) is 17.4 Å². The van der Waals surface area contributed by atoms with Gasteiger partial charge in [-0.2, -0.15) is 0 Å². The van der Waals surface area contributed by atoms with E-state index in [1.165, 1.54) is 12.5 Å². The van der Waals surface area contributed by atoms with Gasteiger partial charge in [0.15, 0.2) is 6.23 Å². The van der Waals surface area contributed by atoms with Crippen LogP contribution in [0.15, 0.2) is 42.5 Å². The highest BCUT2D eigenvalue weighted by Gasteiger charge is 2.60. The molecule has 8 atom stereocenters. The van der Waals surface area contributed by atoms with Gasteiger partial charge in [-0.15, -0.1) is 0 Å². The Kier molecular flexibility index (Phi) is 6.23. The van der Waals surface area contributed by atoms with Gasteiger partial charge < -0.3 is 9.64 Å². The highest BCUT2D eigenvalue weighted by molar-refractivity contribution is 5.98. The molecule has 1 heterocycles. The third kappa shape index (κ3) is 3.92. The fourth-order valence-electron chi connectivity index (χ4n) is 9.78. The molecule has 40 heavy (non-hydrogen) atoms. The third-order valence-corrected chi connectivity index (χ3v) is 12.0. The first-order valence-corrected chi connectivity index (χ1v) is 15.2. The lowest BCUT2D eigenvalue weighted by Crippen LogP contribution is -2.54. The number of ether oxygens (including phenoxy) is 1. The highest BCUT2D eigenvalue weighted by atomic mass is 19.1. The first kappa shape index (κ1) is 26.3. The summed E-state index contributed by atoms with van der Waals surface area (Å²) in [6, 6.07) is 10.8. The molecule has 1 aliphatic heterocycles. The van der Waals surface area contributed by atoms with Crippen molar-refractivity contribution >= 4 is 11.7 Å². The van der Waals surface area contributed by atoms with Gasteiger partial charge in [-0.1, -0.05) is 32.0 Å². The van der Waals surface area contributed by atoms with Gasteiger partial charge in [0.25, 0.3) is 5.91 Å². The molecule has 8 unspecified atom stereocenters. The topological polar surface area (TPSA) is 46.6 Å². The van der Waals surface area contributed by atoms with Crippen LogP contribution in [0.2, 0.25) is 0 Å². The maximum absolute atomic E-state index is 14.6. The SMILES string of the molecule is CC12CCC3C(CCC4CC(OC5c6ccccc6C(=O)N5Cc5cc(F)ccc5F)CCC43C)C1CCC2=O. The number of benzene rings is 2. The Labute approximate surface area is 235 Å². The smallest absolute Gasteiger partial charge is 0.256 e. The third-order valence-electron chi connectivity index (χ3n) is 12.0. The van der Waals surface area contributed by atoms with Crippen molar-refractivity contribution in [1.29, 1.82) is 0 Å². The van der Waals surface area contributed by atoms with Crippen LogP contribution < -0.4 is 0 Å². The molecule has 0 radical (unpaired) electrons. The largest absolute Gasteiger partial charge is 0.351 e. The number of carbonyl (C=O) groups is 2. The number of rotatable bonds is 4. The summed E-state index contributed by atoms with van der Waals surface area (Å²) in [5, 5.41) is 0. The van der Waals surface area contributed by atoms with Crippen molar-refractivity contribution in [3.8, 4) is 0 Å². The number of hydrogen-bond donors (Lipinski definition) is 0. The van der Waals surface area contributed by atoms with E-state index < -0.39 is 17.9 Å². The number of ketones is 1. The molecule has 4 nitrogen and oxygen atoms in total. The number of fused-ring (bicyclic) bond motifs is 6. The Morgan fingerprint density at radius 2 is 1.77 bits per heavy atom. The molecular formula is C34H39F2NO3. The van der Waals surface area contributed by atoms with Crippen LogP contribution in [0, 0.1) is 46.1 Å². The van der Waals surface area contributed by atoms with Crippen LogP contribution in [-0.4, -0.2) is 22.7 Å². The zero-order valence-electron chi connectivity index (χ0n) is 23.5. The second-order valence-electron chi connectivity index (χ2n) is 13.7. The van der Waals surface area contributed by atoms with Gasteiger partial charge in [-0.3, -0.25) is 9.59 Å². The van der Waals surface area contributed by atoms with E-state index in [1.807, 2.05) is 18.2 Å². The normalized spacial score (nSPS) is 38.5. The quantitative estimate of drug-likeness (QED) is 0.396. The molecule has 1 amide bonds. The van der Waals surface area contributed by atoms with Crippen molar-refractivity contribution in [3.05, 3.63) is 70.8 Å². The number of carbonyl (C=O) groups excluding carboxylic acids is 2. The molecule has 0 saturated heterocycles. The van der Waals surface area contributed by atoms with Crippen molar-refractivity contribution in [2.24, 2.45) is 34.5 Å². The number of hydrogen-bond acceptors (Lipinski definition) is 3. The van der Waals surface area contributed by atoms with E-state index in [-0.39, 0.29) is 34.9 Å². The fourth-order valence-corrected chi connectivity index (χ4v) is 9.78. The van der Waals surface area contributed by atoms with Gasteiger partial charge in [-0.25, -0.2) is 8.78 Å². The molecule has 4 aliphatic carbocycles. The van der Waals surface area contributed by atoms with Gasteiger partial charge in [-0.05, 0) is 105 Å². The number of nitrogens with zero attached hydrogens (tertiary/aromatic N) is 1. The fraction of sp³-hybridized carbons (Fsp3) is 0.588. The van der Waals surface area contributed by atoms with Crippen molar-refractivity contribution < 1.29 is 23.1 Å². The Morgan fingerprint density at radius 1 is 0.950 bits per heavy atom. The number of Topliss-reactive ketones (excluding diaryl/α,β-unsaturated/α-hetero) is 1. The van der Waals surface area contributed by atoms with Gasteiger partial charge in [0.2, 0.25) is 0 Å². The minimum absolute atomic E-state index is 0.000326. The zero-order valence-corrected chi connectivity index (χ0v) is 23.5. The molecule has 6 heteroatoms. The molecule has 0 bridgehead atoms. The van der Waals surface area contributed by atoms with Crippen LogP contribution in [0.5, 0.6) is 0 Å². The molecule has 2 aromatic carbocycles. The average Bonchev–Trinajstić information content (AvgIpc) is 3.39. The van der Waals surface area contributed by atoms with Gasteiger partial charge >= 0.3 is 0 Å². The van der Waals surface area contributed by atoms with Crippen LogP contribution >= 0.6 is 0 Å². The van der Waals surface area contributed by atoms with Crippen LogP contribution in [0.4, 0.5) is 8.78 Å². The van der Waals surface area contributed by atoms with E-state index in [9.17, 15) is 18.4 Å². The van der Waals surface area contributed by atoms with Crippen LogP contribution in [0.25, 0.3) is 0 Å². The van der Waals surface area contributed by atoms with Crippen molar-refractivity contribution in [1.82, 2.24) is 4.90 Å². The summed E-state index contributed by atoms with van der Waals surface area (Å²) in [7, 11) is 0. The molecular weight excluding hydrogens is 508 g/mol. The maximum Gasteiger partial charge on any atom is 0.256 e. The highest BCUT2D eigenvalue weighted by Crippen LogP contribution is 2.65. The average molecular weight is 548 g/mol. The molecule has 2 aromatic rings. The van der Waals surface area contributed by atoms with E-state index in [1.54, 1.807) is 11.0 Å². The summed E-state index contributed by atoms with van der Waals surface area (Å²) < 4.78 is 35.3. The number of halogens is 2. The van der Waals surface area contributed by atoms with E-state index in [4.69, 9.17) is 4.74 Å². The second-order valence-corrected chi connectivity index (χ2v) is 13.7. The summed E-state index contributed by atoms with van der Waals surface area (Å²) in [4.78, 5) is 27.8. The summed E-state index contributed by atoms with van der Waals surface area (Å²) in [5.74, 6) is 1.65. The molecule has 7 rings (SSSR count). The predicted molar refractivity (Wildman–Crippen MR) is 147 cm³/mol. The van der Waals surface area contributed by atoms with Crippen LogP contribution in [-0.2, 0) is 16.1 Å². The summed E-state index contributed by atoms with van der Waals surface area (Å²) in [5.41, 5.74) is 1.68. The lowest BCUT2D eigenvalue weighted by Gasteiger charge is -2.60. The van der Waals surface area contributed by atoms with E-state index in [0.717, 1.165) is 69.1 Å². The number of amides is 1. The zero-order chi connectivity index (χ0) is 27.8. The summed E-state index contributed by atoms with van der Waals surface area (Å²) >= 11 is 0. The molecule has 212 valence electrons. The summed E-state index contributed by atoms with van der Waals surface area (Å²) in [6.07, 6.45) is 8.72. The Balaban J connectivity index is 1.11. The lowest BCUT2D eigenvalue weighted by molar-refractivity contribution is -0.159. The van der Waals surface area contributed by atoms with E-state index in [2.05, 4.69) is 13.8 Å². The van der Waals surface area contributed by atoms with Crippen LogP contribution in [0.1, 0.15) is 99.3 Å². The van der Waals surface area contributed by atoms with Crippen LogP contribution in [0.3, 0.4) is 0 Å². The van der Waals surface area contributed by atoms with E-state index in [0.29, 0.717) is 35.0 Å². The Hall–Kier alpha value is -2.60. The van der Waals surface area contributed by atoms with Crippen molar-refractivity contribution in [2.45, 2.75) is 90.5 Å². The minimum Gasteiger partial charge on any atom is -0.351 e. The Bertz CT molecular complexity index is 1360. The van der Waals surface area contributed by atoms with E-state index >= 15 is 0 Å². The molecule has 0 spiro atoms. The maximum atomic E-state index is 14.6. The van der Waals surface area contributed by atoms with Crippen molar-refractivity contribution in [2.75, 3.05) is 0 Å². The standard InChI is InChI=1S/C34H39F2NO3/c1-33-15-13-23(18-21(33)7-9-26-27-10-12-30(38)34(27,2)16-14-28(26)33)40-32-25-6-4-3-5-24(25)31(39)37(32)19-20-17-22(35)8-11-29(20)36/h3-6,8,11,17,21,23,26-28,32H,7,9-10,12-16,18-19H2,1-2H3. The first-order valence-electron chi connectivity index (χ1n) is 15.2. The molecule has 0 aromatic heterocycles. The van der Waals surface area contributed by atoms with Crippen molar-refractivity contribution in [3.63, 3.8) is 0 Å². The molecule has 0 N–H and O–H groups in total. The lowest BCUT2D eigenvalue weighted by atomic mass is 9.45. The van der Waals surface area contributed by atoms with Gasteiger partial charge in [0.05, 0.1) is 12.6 Å². The van der Waals surface area contributed by atoms with Gasteiger partial charge in [0, 0.05) is 28.5 Å².